The summed E-state index contributed by atoms with van der Waals surface area (Å²) < 4.78 is -1.54. The summed E-state index contributed by atoms with van der Waals surface area (Å²) in [6, 6.07) is 0. The van der Waals surface area contributed by atoms with Crippen molar-refractivity contribution in [3.05, 3.63) is 0 Å². The summed E-state index contributed by atoms with van der Waals surface area (Å²) in [5, 5.41) is 0. The summed E-state index contributed by atoms with van der Waals surface area (Å²) in [5.74, 6) is 0. The Hall–Kier alpha value is -0.698. The number of rotatable bonds is 5. The van der Waals surface area contributed by atoms with E-state index in [2.05, 4.69) is 0 Å². The first-order valence-electron chi connectivity index (χ1n) is 2.41. The third kappa shape index (κ3) is 1.09. The molecule has 69 valence electrons. The van der Waals surface area contributed by atoms with E-state index in [1.54, 1.807) is 0 Å². The maximum absolute atomic E-state index is 10.4. The van der Waals surface area contributed by atoms with Crippen molar-refractivity contribution in [2.75, 3.05) is 0 Å². The average Bonchev–Trinajstić information content (AvgIpc) is 2.19. The minimum absolute atomic E-state index is 0.309. The normalized spacial score (nSPS) is 16.4. The van der Waals surface area contributed by atoms with E-state index in [0.717, 1.165) is 0 Å². The number of hydrogen-bond donors (Lipinski definition) is 0. The second-order valence-electron chi connectivity index (χ2n) is 2.12. The van der Waals surface area contributed by atoms with Gasteiger partial charge in [0.05, 0.1) is 0 Å². The van der Waals surface area contributed by atoms with Crippen LogP contribution in [0.3, 0.4) is 0 Å². The van der Waals surface area contributed by atoms with Crippen LogP contribution < -0.4 is 0 Å². The molecule has 0 rings (SSSR count). The van der Waals surface area contributed by atoms with Crippen LogP contribution in [0.25, 0.3) is 0 Å². The Morgan fingerprint density at radius 1 is 0.667 bits per heavy atom. The van der Waals surface area contributed by atoms with Crippen LogP contribution >= 0.6 is 9.53 Å². The van der Waals surface area contributed by atoms with E-state index in [1.165, 1.54) is 0 Å². The van der Waals surface area contributed by atoms with Gasteiger partial charge in [-0.3, -0.25) is 0 Å². The molecule has 0 aromatic rings. The standard InChI is InChI=1S/5CHO.ClH.Re/c5*1-2;;/h5*1H;1H;/q;;;;;;+1/p-1. The number of hydrogen-bond acceptors (Lipinski definition) is 5. The van der Waals surface area contributed by atoms with Crippen molar-refractivity contribution >= 4 is 33.3 Å². The van der Waals surface area contributed by atoms with E-state index in [0.29, 0.717) is 0 Å². The van der Waals surface area contributed by atoms with Gasteiger partial charge in [-0.05, 0) is 0 Å². The van der Waals surface area contributed by atoms with Gasteiger partial charge in [-0.1, -0.05) is 0 Å². The molecule has 0 aliphatic rings. The van der Waals surface area contributed by atoms with Gasteiger partial charge < -0.3 is 0 Å². The van der Waals surface area contributed by atoms with Gasteiger partial charge in [0, 0.05) is 0 Å². The van der Waals surface area contributed by atoms with Gasteiger partial charge in [-0.25, -0.2) is 0 Å². The van der Waals surface area contributed by atoms with E-state index in [-0.39, 0.29) is 23.8 Å². The van der Waals surface area contributed by atoms with Crippen molar-refractivity contribution in [1.82, 2.24) is 0 Å². The van der Waals surface area contributed by atoms with Gasteiger partial charge in [0.15, 0.2) is 0 Å². The molecule has 0 spiro atoms. The predicted octanol–water partition coefficient (Wildman–Crippen LogP) is -0.683. The van der Waals surface area contributed by atoms with Gasteiger partial charge in [-0.15, -0.1) is 0 Å². The molecule has 7 heteroatoms. The molecule has 12 heavy (non-hydrogen) atoms. The van der Waals surface area contributed by atoms with Crippen LogP contribution in [0, 0.1) is 0 Å². The molecule has 5 nitrogen and oxygen atoms in total. The fourth-order valence-corrected chi connectivity index (χ4v) is 1.72. The van der Waals surface area contributed by atoms with Crippen molar-refractivity contribution in [2.24, 2.45) is 0 Å². The molecule has 0 fully saturated rings. The molecular weight excluding hydrogens is 362 g/mol. The molecule has 0 heterocycles. The molecule has 0 aromatic heterocycles. The van der Waals surface area contributed by atoms with Crippen molar-refractivity contribution in [3.8, 4) is 0 Å². The zero-order chi connectivity index (χ0) is 9.94. The second kappa shape index (κ2) is 2.39. The topological polar surface area (TPSA) is 85.3 Å². The summed E-state index contributed by atoms with van der Waals surface area (Å²) in [4.78, 5) is 52.1. The Kier molecular flexibility index (Phi) is 2.25. The van der Waals surface area contributed by atoms with Crippen molar-refractivity contribution in [3.63, 3.8) is 0 Å². The number of carbonyl (C=O) groups is 5. The van der Waals surface area contributed by atoms with Crippen molar-refractivity contribution < 1.29 is 36.0 Å². The molecule has 0 radical (unpaired) electrons. The summed E-state index contributed by atoms with van der Waals surface area (Å²) in [7, 11) is 5.33. The van der Waals surface area contributed by atoms with E-state index in [4.69, 9.17) is 9.53 Å². The minimum atomic E-state index is -6.51. The summed E-state index contributed by atoms with van der Waals surface area (Å²) in [6.45, 7) is 0. The monoisotopic (exact) mass is 367 g/mol. The van der Waals surface area contributed by atoms with Crippen LogP contribution in [0.4, 0.5) is 0 Å². The molecule has 0 atom stereocenters. The zero-order valence-electron chi connectivity index (χ0n) is 5.68. The molecular formula is C5H5ClO5Re. The quantitative estimate of drug-likeness (QED) is 0.602. The fraction of sp³-hybridized carbons (Fsp3) is 0. The van der Waals surface area contributed by atoms with Crippen LogP contribution in [0.1, 0.15) is 0 Å². The van der Waals surface area contributed by atoms with Gasteiger partial charge in [0.25, 0.3) is 0 Å². The second-order valence-corrected chi connectivity index (χ2v) is 24.1. The molecule has 0 aromatic carbocycles. The van der Waals surface area contributed by atoms with Gasteiger partial charge >= 0.3 is 69.4 Å². The molecule has 0 unspecified atom stereocenters. The van der Waals surface area contributed by atoms with Crippen LogP contribution in [0.2, 0.25) is 0 Å². The summed E-state index contributed by atoms with van der Waals surface area (Å²) in [6.07, 6.45) is 0. The number of halogens is 1. The van der Waals surface area contributed by atoms with Crippen LogP contribution in [0.15, 0.2) is 0 Å². The Labute approximate surface area is 69.6 Å². The van der Waals surface area contributed by atoms with E-state index < -0.39 is 12.1 Å². The van der Waals surface area contributed by atoms with Crippen molar-refractivity contribution in [1.29, 1.82) is 0 Å². The van der Waals surface area contributed by atoms with E-state index in [9.17, 15) is 24.0 Å². The summed E-state index contributed by atoms with van der Waals surface area (Å²) >= 11 is -6.51. The third-order valence-corrected chi connectivity index (χ3v) is 12.6. The predicted molar refractivity (Wildman–Crippen MR) is 39.6 cm³/mol. The first-order chi connectivity index (χ1) is 5.39. The van der Waals surface area contributed by atoms with Crippen LogP contribution in [-0.2, 0) is 36.0 Å². The molecule has 0 saturated heterocycles. The van der Waals surface area contributed by atoms with Crippen LogP contribution in [0.5, 0.6) is 0 Å². The van der Waals surface area contributed by atoms with Crippen LogP contribution in [-0.4, -0.2) is 23.8 Å². The molecule has 0 saturated carbocycles. The van der Waals surface area contributed by atoms with E-state index >= 15 is 0 Å². The van der Waals surface area contributed by atoms with E-state index in [1.807, 2.05) is 0 Å². The molecule has 0 N–H and O–H groups in total. The molecule has 0 bridgehead atoms. The average molecular weight is 367 g/mol. The Morgan fingerprint density at radius 3 is 0.833 bits per heavy atom. The van der Waals surface area contributed by atoms with Crippen molar-refractivity contribution in [2.45, 2.75) is 0 Å². The molecule has 0 aliphatic heterocycles. The molecule has 0 amide bonds. The Morgan fingerprint density at radius 2 is 0.833 bits per heavy atom. The maximum atomic E-state index is 10.4. The van der Waals surface area contributed by atoms with Gasteiger partial charge in [-0.2, -0.15) is 0 Å². The van der Waals surface area contributed by atoms with Gasteiger partial charge in [0.2, 0.25) is 0 Å². The fourth-order valence-electron chi connectivity index (χ4n) is 0.210. The molecule has 0 aliphatic carbocycles. The van der Waals surface area contributed by atoms with Gasteiger partial charge in [0.1, 0.15) is 0 Å². The number of carbonyl (C=O) groups excluding carboxylic acids is 5. The Balaban J connectivity index is 6.15. The first-order valence-corrected chi connectivity index (χ1v) is 13.6. The summed E-state index contributed by atoms with van der Waals surface area (Å²) in [5.41, 5.74) is 0. The zero-order valence-corrected chi connectivity index (χ0v) is 9.16. The SMILES string of the molecule is O=[CH][Re]([Cl])([CH]=O)([CH]=O)([CH]=O)[CH]=O. The first kappa shape index (κ1) is 11.3. The Bertz CT molecular complexity index is 225. The third-order valence-electron chi connectivity index (χ3n) is 1.20.